The van der Waals surface area contributed by atoms with Crippen molar-refractivity contribution in [2.45, 2.75) is 25.9 Å². The maximum Gasteiger partial charge on any atom is 0.126 e. The first-order valence-electron chi connectivity index (χ1n) is 6.34. The van der Waals surface area contributed by atoms with Gasteiger partial charge in [-0.3, -0.25) is 0 Å². The van der Waals surface area contributed by atoms with Crippen molar-refractivity contribution in [3.05, 3.63) is 48.3 Å². The van der Waals surface area contributed by atoms with E-state index < -0.39 is 5.82 Å². The lowest BCUT2D eigenvalue weighted by Gasteiger charge is -2.15. The summed E-state index contributed by atoms with van der Waals surface area (Å²) in [7, 11) is 0. The van der Waals surface area contributed by atoms with E-state index in [1.54, 1.807) is 18.6 Å². The molecule has 0 saturated heterocycles. The molecular formula is C14H18FN3O. The second kappa shape index (κ2) is 6.33. The van der Waals surface area contributed by atoms with Crippen molar-refractivity contribution >= 4 is 0 Å². The lowest BCUT2D eigenvalue weighted by atomic mass is 10.1. The van der Waals surface area contributed by atoms with Gasteiger partial charge in [-0.15, -0.1) is 0 Å². The minimum atomic E-state index is -0.423. The number of nitrogens with one attached hydrogen (secondary N) is 1. The second-order valence-corrected chi connectivity index (χ2v) is 4.53. The normalized spacial score (nSPS) is 12.5. The van der Waals surface area contributed by atoms with E-state index in [1.807, 2.05) is 17.7 Å². The van der Waals surface area contributed by atoms with Crippen molar-refractivity contribution in [1.29, 1.82) is 0 Å². The smallest absolute Gasteiger partial charge is 0.126 e. The molecule has 1 atom stereocenters. The summed E-state index contributed by atoms with van der Waals surface area (Å²) in [5, 5.41) is 13.0. The van der Waals surface area contributed by atoms with Gasteiger partial charge in [-0.2, -0.15) is 0 Å². The molecule has 1 unspecified atom stereocenters. The van der Waals surface area contributed by atoms with Gasteiger partial charge >= 0.3 is 0 Å². The summed E-state index contributed by atoms with van der Waals surface area (Å²) in [4.78, 5) is 3.98. The molecule has 0 amide bonds. The molecule has 0 bridgehead atoms. The molecule has 0 spiro atoms. The van der Waals surface area contributed by atoms with Crippen LogP contribution in [-0.2, 0) is 6.54 Å². The van der Waals surface area contributed by atoms with Gasteiger partial charge in [-0.1, -0.05) is 6.07 Å². The van der Waals surface area contributed by atoms with Crippen LogP contribution in [0.2, 0.25) is 0 Å². The predicted octanol–water partition coefficient (Wildman–Crippen LogP) is 2.47. The molecule has 2 rings (SSSR count). The van der Waals surface area contributed by atoms with Crippen molar-refractivity contribution in [3.8, 4) is 5.75 Å². The maximum atomic E-state index is 12.9. The van der Waals surface area contributed by atoms with E-state index in [2.05, 4.69) is 10.3 Å². The standard InChI is InChI=1S/C14H18FN3O/c1-11(13-4-3-12(15)9-14(13)19)17-5-2-7-18-8-6-16-10-18/h3-4,6,8-11,17,19H,2,5,7H2,1H3. The van der Waals surface area contributed by atoms with Gasteiger partial charge < -0.3 is 15.0 Å². The van der Waals surface area contributed by atoms with E-state index in [4.69, 9.17) is 0 Å². The van der Waals surface area contributed by atoms with Gasteiger partial charge in [0.1, 0.15) is 11.6 Å². The number of benzene rings is 1. The third-order valence-electron chi connectivity index (χ3n) is 3.06. The number of halogens is 1. The van der Waals surface area contributed by atoms with Crippen molar-refractivity contribution in [2.75, 3.05) is 6.54 Å². The number of imidazole rings is 1. The average Bonchev–Trinajstić information content (AvgIpc) is 2.87. The Labute approximate surface area is 111 Å². The highest BCUT2D eigenvalue weighted by molar-refractivity contribution is 5.34. The summed E-state index contributed by atoms with van der Waals surface area (Å²) in [6.07, 6.45) is 6.43. The summed E-state index contributed by atoms with van der Waals surface area (Å²) in [5.74, 6) is -0.428. The summed E-state index contributed by atoms with van der Waals surface area (Å²) in [5.41, 5.74) is 0.712. The molecule has 0 aliphatic heterocycles. The summed E-state index contributed by atoms with van der Waals surface area (Å²) < 4.78 is 14.9. The molecule has 102 valence electrons. The van der Waals surface area contributed by atoms with Crippen LogP contribution in [0.25, 0.3) is 0 Å². The number of aromatic hydroxyl groups is 1. The Morgan fingerprint density at radius 1 is 1.47 bits per heavy atom. The largest absolute Gasteiger partial charge is 0.508 e. The van der Waals surface area contributed by atoms with E-state index >= 15 is 0 Å². The monoisotopic (exact) mass is 263 g/mol. The highest BCUT2D eigenvalue weighted by Gasteiger charge is 2.10. The summed E-state index contributed by atoms with van der Waals surface area (Å²) >= 11 is 0. The fourth-order valence-electron chi connectivity index (χ4n) is 1.99. The molecule has 0 aliphatic carbocycles. The number of aryl methyl sites for hydroxylation is 1. The van der Waals surface area contributed by atoms with Crippen LogP contribution < -0.4 is 5.32 Å². The molecule has 0 radical (unpaired) electrons. The molecule has 1 heterocycles. The number of rotatable bonds is 6. The average molecular weight is 263 g/mol. The van der Waals surface area contributed by atoms with Crippen molar-refractivity contribution in [2.24, 2.45) is 0 Å². The third-order valence-corrected chi connectivity index (χ3v) is 3.06. The molecule has 19 heavy (non-hydrogen) atoms. The van der Waals surface area contributed by atoms with Crippen LogP contribution in [0, 0.1) is 5.82 Å². The highest BCUT2D eigenvalue weighted by atomic mass is 19.1. The van der Waals surface area contributed by atoms with E-state index in [0.717, 1.165) is 25.6 Å². The predicted molar refractivity (Wildman–Crippen MR) is 71.3 cm³/mol. The van der Waals surface area contributed by atoms with E-state index in [0.29, 0.717) is 5.56 Å². The molecule has 5 heteroatoms. The van der Waals surface area contributed by atoms with Gasteiger partial charge in [0.05, 0.1) is 6.33 Å². The minimum absolute atomic E-state index is 0.00499. The molecular weight excluding hydrogens is 245 g/mol. The minimum Gasteiger partial charge on any atom is -0.508 e. The van der Waals surface area contributed by atoms with E-state index in [9.17, 15) is 9.50 Å². The zero-order chi connectivity index (χ0) is 13.7. The van der Waals surface area contributed by atoms with Gasteiger partial charge in [0, 0.05) is 36.6 Å². The number of hydrogen-bond donors (Lipinski definition) is 2. The lowest BCUT2D eigenvalue weighted by Crippen LogP contribution is -2.21. The quantitative estimate of drug-likeness (QED) is 0.787. The highest BCUT2D eigenvalue weighted by Crippen LogP contribution is 2.24. The molecule has 4 nitrogen and oxygen atoms in total. The molecule has 0 saturated carbocycles. The van der Waals surface area contributed by atoms with Gasteiger partial charge in [-0.05, 0) is 26.0 Å². The summed E-state index contributed by atoms with van der Waals surface area (Å²) in [6.45, 7) is 3.66. The van der Waals surface area contributed by atoms with Crippen LogP contribution in [0.3, 0.4) is 0 Å². The number of nitrogens with zero attached hydrogens (tertiary/aromatic N) is 2. The van der Waals surface area contributed by atoms with Crippen LogP contribution in [0.4, 0.5) is 4.39 Å². The number of aromatic nitrogens is 2. The number of phenolic OH excluding ortho intramolecular Hbond substituents is 1. The van der Waals surface area contributed by atoms with Crippen LogP contribution >= 0.6 is 0 Å². The Kier molecular flexibility index (Phi) is 4.52. The van der Waals surface area contributed by atoms with Gasteiger partial charge in [0.15, 0.2) is 0 Å². The number of phenols is 1. The third kappa shape index (κ3) is 3.79. The van der Waals surface area contributed by atoms with Gasteiger partial charge in [0.2, 0.25) is 0 Å². The maximum absolute atomic E-state index is 12.9. The van der Waals surface area contributed by atoms with E-state index in [1.165, 1.54) is 6.07 Å². The van der Waals surface area contributed by atoms with Crippen LogP contribution in [0.1, 0.15) is 24.9 Å². The molecule has 1 aromatic heterocycles. The molecule has 0 fully saturated rings. The number of hydrogen-bond acceptors (Lipinski definition) is 3. The molecule has 2 N–H and O–H groups in total. The molecule has 0 aliphatic rings. The summed E-state index contributed by atoms with van der Waals surface area (Å²) in [6, 6.07) is 4.10. The zero-order valence-corrected chi connectivity index (χ0v) is 10.9. The Morgan fingerprint density at radius 2 is 2.32 bits per heavy atom. The lowest BCUT2D eigenvalue weighted by molar-refractivity contribution is 0.444. The van der Waals surface area contributed by atoms with E-state index in [-0.39, 0.29) is 11.8 Å². The Balaban J connectivity index is 1.79. The van der Waals surface area contributed by atoms with Gasteiger partial charge in [-0.25, -0.2) is 9.37 Å². The first-order valence-corrected chi connectivity index (χ1v) is 6.34. The van der Waals surface area contributed by atoms with Crippen molar-refractivity contribution in [1.82, 2.24) is 14.9 Å². The topological polar surface area (TPSA) is 50.1 Å². The van der Waals surface area contributed by atoms with Crippen LogP contribution in [0.15, 0.2) is 36.9 Å². The Morgan fingerprint density at radius 3 is 3.00 bits per heavy atom. The Bertz CT molecular complexity index is 513. The van der Waals surface area contributed by atoms with Crippen molar-refractivity contribution < 1.29 is 9.50 Å². The van der Waals surface area contributed by atoms with Crippen LogP contribution in [0.5, 0.6) is 5.75 Å². The molecule has 2 aromatic rings. The fraction of sp³-hybridized carbons (Fsp3) is 0.357. The SMILES string of the molecule is CC(NCCCn1ccnc1)c1ccc(F)cc1O. The van der Waals surface area contributed by atoms with Crippen LogP contribution in [-0.4, -0.2) is 21.2 Å². The first-order chi connectivity index (χ1) is 9.16. The zero-order valence-electron chi connectivity index (χ0n) is 10.9. The van der Waals surface area contributed by atoms with Crippen molar-refractivity contribution in [3.63, 3.8) is 0 Å². The van der Waals surface area contributed by atoms with Gasteiger partial charge in [0.25, 0.3) is 0 Å². The Hall–Kier alpha value is -1.88. The second-order valence-electron chi connectivity index (χ2n) is 4.53. The first kappa shape index (κ1) is 13.5. The molecule has 1 aromatic carbocycles. The fourth-order valence-corrected chi connectivity index (χ4v) is 1.99.